The lowest BCUT2D eigenvalue weighted by atomic mass is 9.97. The number of aliphatic imine (C=N–C) groups is 1. The fraction of sp³-hybridized carbons (Fsp3) is 0.0392. The van der Waals surface area contributed by atoms with E-state index in [1.165, 1.54) is 76.0 Å². The van der Waals surface area contributed by atoms with Gasteiger partial charge in [0.25, 0.3) is 0 Å². The maximum absolute atomic E-state index is 6.79. The fourth-order valence-corrected chi connectivity index (χ4v) is 9.80. The number of aryl methyl sites for hydroxylation is 1. The van der Waals surface area contributed by atoms with Gasteiger partial charge in [-0.05, 0) is 76.9 Å². The Morgan fingerprint density at radius 2 is 1.18 bits per heavy atom. The molecule has 1 aliphatic rings. The third-order valence-corrected chi connectivity index (χ3v) is 12.1. The van der Waals surface area contributed by atoms with Crippen LogP contribution in [0.4, 0.5) is 0 Å². The molecule has 0 radical (unpaired) electrons. The topological polar surface area (TPSA) is 34.8 Å². The van der Waals surface area contributed by atoms with Crippen molar-refractivity contribution < 1.29 is 4.42 Å². The smallest absolute Gasteiger partial charge is 0.157 e. The molecule has 12 aromatic rings. The van der Waals surface area contributed by atoms with E-state index in [0.29, 0.717) is 0 Å². The lowest BCUT2D eigenvalue weighted by Gasteiger charge is -2.15. The molecule has 0 aliphatic carbocycles. The van der Waals surface area contributed by atoms with Crippen molar-refractivity contribution in [3.05, 3.63) is 181 Å². The van der Waals surface area contributed by atoms with Gasteiger partial charge in [-0.3, -0.25) is 4.57 Å². The Kier molecular flexibility index (Phi) is 5.71. The molecule has 13 rings (SSSR count). The first-order valence-corrected chi connectivity index (χ1v) is 19.1. The first kappa shape index (κ1) is 29.3. The largest absolute Gasteiger partial charge is 0.454 e. The summed E-state index contributed by atoms with van der Waals surface area (Å²) in [4.78, 5) is 5.73. The Bertz CT molecular complexity index is 3660. The molecule has 0 unspecified atom stereocenters. The van der Waals surface area contributed by atoms with E-state index >= 15 is 0 Å². The average molecular weight is 702 g/mol. The Hall–Kier alpha value is -7.17. The third kappa shape index (κ3) is 3.88. The number of fused-ring (bicyclic) bond motifs is 16. The second-order valence-corrected chi connectivity index (χ2v) is 15.0. The Morgan fingerprint density at radius 1 is 0.491 bits per heavy atom. The van der Waals surface area contributed by atoms with Crippen LogP contribution in [0.15, 0.2) is 173 Å². The zero-order valence-corrected chi connectivity index (χ0v) is 29.8. The monoisotopic (exact) mass is 701 g/mol. The van der Waals surface area contributed by atoms with Gasteiger partial charge >= 0.3 is 0 Å². The molecule has 0 amide bonds. The molecule has 0 saturated carbocycles. The van der Waals surface area contributed by atoms with Crippen LogP contribution < -0.4 is 0 Å². The Morgan fingerprint density at radius 3 is 2.05 bits per heavy atom. The zero-order chi connectivity index (χ0) is 35.8. The zero-order valence-electron chi connectivity index (χ0n) is 29.8. The molecule has 8 aromatic carbocycles. The number of hydrogen-bond acceptors (Lipinski definition) is 2. The number of nitrogens with zero attached hydrogens (tertiary/aromatic N) is 3. The number of hydrogen-bond donors (Lipinski definition) is 0. The minimum atomic E-state index is 0.830. The molecular formula is C51H31N3O. The molecule has 4 nitrogen and oxygen atoms in total. The maximum atomic E-state index is 6.79. The number of allylic oxidation sites excluding steroid dienone is 1. The Labute approximate surface area is 314 Å². The van der Waals surface area contributed by atoms with Crippen molar-refractivity contribution in [2.45, 2.75) is 12.8 Å². The third-order valence-electron chi connectivity index (χ3n) is 12.1. The van der Waals surface area contributed by atoms with Gasteiger partial charge in [0, 0.05) is 48.8 Å². The summed E-state index contributed by atoms with van der Waals surface area (Å²) >= 11 is 0. The van der Waals surface area contributed by atoms with Crippen LogP contribution in [0.2, 0.25) is 0 Å². The van der Waals surface area contributed by atoms with Gasteiger partial charge in [0.15, 0.2) is 5.76 Å². The van der Waals surface area contributed by atoms with E-state index in [-0.39, 0.29) is 0 Å². The van der Waals surface area contributed by atoms with Crippen molar-refractivity contribution in [1.29, 1.82) is 0 Å². The van der Waals surface area contributed by atoms with Gasteiger partial charge in [-0.1, -0.05) is 121 Å². The highest BCUT2D eigenvalue weighted by molar-refractivity contribution is 6.38. The standard InChI is InChI=1S/C51H31N3O/c1-2-14-32-28-33(25-24-30(32)12-1)49-51-36(35-16-7-10-22-44(35)55-51)19-11-23-45(52-49)53-40-20-8-5-17-37(40)47-43(53)29-39-46-34-15-4-3-13-31(34)26-27-42(46)54-41-21-9-6-18-38(41)48(47)50(39)54/h1-10,12-18,20-29H,11,19H2/b45-23+,52-49-. The Balaban J connectivity index is 1.19. The van der Waals surface area contributed by atoms with Gasteiger partial charge in [0.1, 0.15) is 17.1 Å². The lowest BCUT2D eigenvalue weighted by molar-refractivity contribution is 0.599. The van der Waals surface area contributed by atoms with Crippen LogP contribution in [0.5, 0.6) is 0 Å². The van der Waals surface area contributed by atoms with Gasteiger partial charge < -0.3 is 8.82 Å². The van der Waals surface area contributed by atoms with Crippen LogP contribution in [-0.2, 0) is 6.42 Å². The van der Waals surface area contributed by atoms with Crippen LogP contribution in [-0.4, -0.2) is 14.7 Å². The number of aromatic nitrogens is 2. The fourth-order valence-electron chi connectivity index (χ4n) is 9.80. The van der Waals surface area contributed by atoms with Crippen LogP contribution in [0.1, 0.15) is 23.3 Å². The van der Waals surface area contributed by atoms with Crippen molar-refractivity contribution in [2.24, 2.45) is 4.99 Å². The van der Waals surface area contributed by atoms with E-state index in [4.69, 9.17) is 9.41 Å². The van der Waals surface area contributed by atoms with Crippen LogP contribution in [0.25, 0.3) is 98.2 Å². The first-order chi connectivity index (χ1) is 27.3. The molecule has 0 spiro atoms. The number of rotatable bonds is 2. The molecule has 4 heteroatoms. The van der Waals surface area contributed by atoms with Crippen LogP contribution in [0, 0.1) is 0 Å². The second kappa shape index (κ2) is 10.7. The lowest BCUT2D eigenvalue weighted by Crippen LogP contribution is -2.10. The SMILES string of the molecule is C1=C(n2c3ccccc3c3c4c5ccccc5n5c6ccc7ccccc7c6c(cc32)c45)\N=C(\c2ccc3ccccc3c2)c2oc3ccccc3c2CC/1. The van der Waals surface area contributed by atoms with E-state index in [1.54, 1.807) is 0 Å². The van der Waals surface area contributed by atoms with Crippen molar-refractivity contribution in [1.82, 2.24) is 8.97 Å². The highest BCUT2D eigenvalue weighted by atomic mass is 16.3. The normalized spacial score (nSPS) is 15.8. The summed E-state index contributed by atoms with van der Waals surface area (Å²) in [5, 5.41) is 13.7. The predicted octanol–water partition coefficient (Wildman–Crippen LogP) is 13.3. The summed E-state index contributed by atoms with van der Waals surface area (Å²) < 4.78 is 11.7. The van der Waals surface area contributed by atoms with E-state index in [2.05, 4.69) is 173 Å². The molecule has 4 aromatic heterocycles. The first-order valence-electron chi connectivity index (χ1n) is 19.1. The summed E-state index contributed by atoms with van der Waals surface area (Å²) in [5.74, 6) is 1.76. The van der Waals surface area contributed by atoms with E-state index in [9.17, 15) is 0 Å². The summed E-state index contributed by atoms with van der Waals surface area (Å²) in [7, 11) is 0. The second-order valence-electron chi connectivity index (χ2n) is 15.0. The van der Waals surface area contributed by atoms with E-state index < -0.39 is 0 Å². The molecule has 0 atom stereocenters. The molecule has 256 valence electrons. The van der Waals surface area contributed by atoms with Gasteiger partial charge in [-0.15, -0.1) is 0 Å². The predicted molar refractivity (Wildman–Crippen MR) is 230 cm³/mol. The molecule has 0 N–H and O–H groups in total. The molecule has 55 heavy (non-hydrogen) atoms. The molecule has 1 aliphatic heterocycles. The van der Waals surface area contributed by atoms with Gasteiger partial charge in [0.05, 0.1) is 27.6 Å². The summed E-state index contributed by atoms with van der Waals surface area (Å²) in [6.07, 6.45) is 4.02. The minimum absolute atomic E-state index is 0.830. The average Bonchev–Trinajstić information content (AvgIpc) is 3.96. The van der Waals surface area contributed by atoms with E-state index in [1.807, 2.05) is 0 Å². The summed E-state index contributed by atoms with van der Waals surface area (Å²) in [6.45, 7) is 0. The van der Waals surface area contributed by atoms with Gasteiger partial charge in [0.2, 0.25) is 0 Å². The quantitative estimate of drug-likeness (QED) is 0.177. The molecular weight excluding hydrogens is 671 g/mol. The van der Waals surface area contributed by atoms with Crippen LogP contribution in [0.3, 0.4) is 0 Å². The molecule has 0 bridgehead atoms. The molecule has 5 heterocycles. The van der Waals surface area contributed by atoms with Crippen LogP contribution >= 0.6 is 0 Å². The number of para-hydroxylation sites is 3. The maximum Gasteiger partial charge on any atom is 0.157 e. The van der Waals surface area contributed by atoms with Crippen molar-refractivity contribution in [2.75, 3.05) is 0 Å². The van der Waals surface area contributed by atoms with Crippen molar-refractivity contribution >= 4 is 104 Å². The number of benzene rings is 8. The highest BCUT2D eigenvalue weighted by Gasteiger charge is 2.27. The number of furan rings is 1. The van der Waals surface area contributed by atoms with Gasteiger partial charge in [-0.2, -0.15) is 0 Å². The van der Waals surface area contributed by atoms with E-state index in [0.717, 1.165) is 57.7 Å². The van der Waals surface area contributed by atoms with Gasteiger partial charge in [-0.25, -0.2) is 4.99 Å². The minimum Gasteiger partial charge on any atom is -0.454 e. The molecule has 0 fully saturated rings. The highest BCUT2D eigenvalue weighted by Crippen LogP contribution is 2.48. The summed E-state index contributed by atoms with van der Waals surface area (Å²) in [5.41, 5.74) is 10.1. The summed E-state index contributed by atoms with van der Waals surface area (Å²) in [6, 6.07) is 57.2. The molecule has 0 saturated heterocycles. The van der Waals surface area contributed by atoms with Crippen molar-refractivity contribution in [3.8, 4) is 0 Å². The van der Waals surface area contributed by atoms with Crippen molar-refractivity contribution in [3.63, 3.8) is 0 Å².